The first-order chi connectivity index (χ1) is 10.7. The number of aromatic nitrogens is 4. The number of nitrogens with zero attached hydrogens (tertiary/aromatic N) is 3. The third kappa shape index (κ3) is 2.02. The van der Waals surface area contributed by atoms with E-state index in [1.54, 1.807) is 0 Å². The predicted octanol–water partition coefficient (Wildman–Crippen LogP) is -3.27. The van der Waals surface area contributed by atoms with Crippen LogP contribution in [0.1, 0.15) is 0 Å². The molecule has 2 aromatic rings. The van der Waals surface area contributed by atoms with Crippen LogP contribution >= 0.6 is 0 Å². The van der Waals surface area contributed by atoms with Crippen molar-refractivity contribution in [2.45, 2.75) is 23.4 Å². The van der Waals surface area contributed by atoms with Crippen LogP contribution in [0.2, 0.25) is 0 Å². The molecule has 12 nitrogen and oxygen atoms in total. The molecule has 23 heavy (non-hydrogen) atoms. The Hall–Kier alpha value is -1.90. The fourth-order valence-corrected chi connectivity index (χ4v) is 3.60. The molecule has 1 fully saturated rings. The summed E-state index contributed by atoms with van der Waals surface area (Å²) in [4.78, 5) is 21.3. The van der Waals surface area contributed by atoms with Crippen molar-refractivity contribution in [3.63, 3.8) is 0 Å². The minimum Gasteiger partial charge on any atom is -0.394 e. The number of aliphatic hydroxyl groups is 3. The molecule has 1 aliphatic rings. The molecule has 0 aromatic carbocycles. The van der Waals surface area contributed by atoms with Crippen LogP contribution in [0, 0.1) is 0 Å². The molecule has 1 aliphatic heterocycles. The molecule has 0 bridgehead atoms. The molecule has 3 heterocycles. The average molecular weight is 348 g/mol. The summed E-state index contributed by atoms with van der Waals surface area (Å²) >= 11 is 0. The summed E-state index contributed by atoms with van der Waals surface area (Å²) in [5.74, 6) is 0. The molecule has 0 radical (unpaired) electrons. The van der Waals surface area contributed by atoms with Crippen molar-refractivity contribution in [1.29, 1.82) is 0 Å². The molecule has 0 amide bonds. The minimum atomic E-state index is -5.19. The molecular weight excluding hydrogens is 336 g/mol. The van der Waals surface area contributed by atoms with Crippen molar-refractivity contribution >= 4 is 21.3 Å². The fourth-order valence-electron chi connectivity index (χ4n) is 2.53. The second kappa shape index (κ2) is 5.05. The van der Waals surface area contributed by atoms with Crippen molar-refractivity contribution < 1.29 is 33.0 Å². The number of ether oxygens (including phenoxy) is 1. The maximum Gasteiger partial charge on any atom is 0.318 e. The maximum absolute atomic E-state index is 11.9. The SMILES string of the molecule is O=c1[nH]cnc2c1ncn2[C@]1(S(=O)(=O)O)O[C@H](CO)[C@@H](O)[C@H]1O. The van der Waals surface area contributed by atoms with E-state index in [2.05, 4.69) is 15.0 Å². The number of hydrogen-bond donors (Lipinski definition) is 5. The Morgan fingerprint density at radius 2 is 2.09 bits per heavy atom. The molecule has 126 valence electrons. The monoisotopic (exact) mass is 348 g/mol. The van der Waals surface area contributed by atoms with E-state index in [9.17, 15) is 28.0 Å². The van der Waals surface area contributed by atoms with Gasteiger partial charge in [0.05, 0.1) is 12.9 Å². The number of nitrogens with one attached hydrogen (secondary N) is 1. The molecule has 5 N–H and O–H groups in total. The smallest absolute Gasteiger partial charge is 0.318 e. The molecule has 0 saturated carbocycles. The highest BCUT2D eigenvalue weighted by molar-refractivity contribution is 7.86. The van der Waals surface area contributed by atoms with Crippen LogP contribution < -0.4 is 5.56 Å². The zero-order valence-corrected chi connectivity index (χ0v) is 12.1. The summed E-state index contributed by atoms with van der Waals surface area (Å²) < 4.78 is 39.1. The minimum absolute atomic E-state index is 0.270. The lowest BCUT2D eigenvalue weighted by Crippen LogP contribution is -2.51. The van der Waals surface area contributed by atoms with E-state index in [0.717, 1.165) is 12.7 Å². The Bertz CT molecular complexity index is 907. The van der Waals surface area contributed by atoms with Crippen LogP contribution in [0.3, 0.4) is 0 Å². The number of imidazole rings is 1. The normalized spacial score (nSPS) is 31.7. The molecule has 1 saturated heterocycles. The number of aromatic amines is 1. The zero-order valence-electron chi connectivity index (χ0n) is 11.3. The van der Waals surface area contributed by atoms with E-state index < -0.39 is 45.7 Å². The van der Waals surface area contributed by atoms with Gasteiger partial charge in [0.1, 0.15) is 24.6 Å². The quantitative estimate of drug-likeness (QED) is 0.352. The third-order valence-corrected chi connectivity index (χ3v) is 4.90. The summed E-state index contributed by atoms with van der Waals surface area (Å²) in [5, 5.41) is 26.2. The van der Waals surface area contributed by atoms with Gasteiger partial charge in [-0.05, 0) is 0 Å². The van der Waals surface area contributed by atoms with Gasteiger partial charge in [-0.3, -0.25) is 13.9 Å². The highest BCUT2D eigenvalue weighted by atomic mass is 32.2. The van der Waals surface area contributed by atoms with Gasteiger partial charge in [-0.25, -0.2) is 9.97 Å². The molecule has 13 heteroatoms. The van der Waals surface area contributed by atoms with Gasteiger partial charge in [-0.2, -0.15) is 8.42 Å². The van der Waals surface area contributed by atoms with E-state index >= 15 is 0 Å². The first-order valence-corrected chi connectivity index (χ1v) is 7.71. The lowest BCUT2D eigenvalue weighted by molar-refractivity contribution is -0.0887. The topological polar surface area (TPSA) is 188 Å². The molecule has 0 spiro atoms. The lowest BCUT2D eigenvalue weighted by atomic mass is 10.1. The van der Waals surface area contributed by atoms with Crippen LogP contribution in [0.5, 0.6) is 0 Å². The van der Waals surface area contributed by atoms with E-state index in [0.29, 0.717) is 4.57 Å². The van der Waals surface area contributed by atoms with Crippen LogP contribution in [-0.2, 0) is 19.9 Å². The Morgan fingerprint density at radius 1 is 1.39 bits per heavy atom. The fraction of sp³-hybridized carbons (Fsp3) is 0.500. The van der Waals surface area contributed by atoms with Crippen molar-refractivity contribution in [2.75, 3.05) is 6.61 Å². The lowest BCUT2D eigenvalue weighted by Gasteiger charge is -2.29. The van der Waals surface area contributed by atoms with E-state index in [4.69, 9.17) is 9.84 Å². The number of H-pyrrole nitrogens is 1. The van der Waals surface area contributed by atoms with Crippen molar-refractivity contribution in [3.8, 4) is 0 Å². The van der Waals surface area contributed by atoms with Crippen LogP contribution in [-0.4, -0.2) is 72.7 Å². The Labute approximate surface area is 127 Å². The summed E-state index contributed by atoms with van der Waals surface area (Å²) in [6.45, 7) is -0.823. The molecule has 4 atom stereocenters. The zero-order chi connectivity index (χ0) is 17.0. The Morgan fingerprint density at radius 3 is 2.65 bits per heavy atom. The Balaban J connectivity index is 2.34. The summed E-state index contributed by atoms with van der Waals surface area (Å²) in [6, 6.07) is 0. The molecule has 2 aromatic heterocycles. The second-order valence-electron chi connectivity index (χ2n) is 4.90. The predicted molar refractivity (Wildman–Crippen MR) is 71.6 cm³/mol. The van der Waals surface area contributed by atoms with Gasteiger partial charge in [0.15, 0.2) is 11.2 Å². The largest absolute Gasteiger partial charge is 0.394 e. The van der Waals surface area contributed by atoms with Crippen LogP contribution in [0.15, 0.2) is 17.4 Å². The Kier molecular flexibility index (Phi) is 3.51. The van der Waals surface area contributed by atoms with Crippen molar-refractivity contribution in [3.05, 3.63) is 23.0 Å². The molecule has 0 aliphatic carbocycles. The molecular formula is C10H12N4O8S. The standard InChI is InChI=1S/C10H12N4O8S/c15-1-4-6(16)7(17)10(22-4,23(19,20)21)14-3-13-5-8(14)11-2-12-9(5)18/h2-4,6-7,15-17H,1H2,(H,11,12,18)(H,19,20,21)/t4-,6-,7-,10+/m1/s1. The number of rotatable bonds is 3. The average Bonchev–Trinajstić information content (AvgIpc) is 3.01. The number of aliphatic hydroxyl groups excluding tert-OH is 3. The second-order valence-corrected chi connectivity index (χ2v) is 6.43. The van der Waals surface area contributed by atoms with Gasteiger partial charge in [-0.1, -0.05) is 0 Å². The maximum atomic E-state index is 11.9. The van der Waals surface area contributed by atoms with Gasteiger partial charge < -0.3 is 25.0 Å². The van der Waals surface area contributed by atoms with Crippen molar-refractivity contribution in [2.24, 2.45) is 0 Å². The summed E-state index contributed by atoms with van der Waals surface area (Å²) in [7, 11) is -5.19. The van der Waals surface area contributed by atoms with Gasteiger partial charge in [0.2, 0.25) is 0 Å². The third-order valence-electron chi connectivity index (χ3n) is 3.62. The van der Waals surface area contributed by atoms with Crippen LogP contribution in [0.25, 0.3) is 11.2 Å². The van der Waals surface area contributed by atoms with E-state index in [1.165, 1.54) is 0 Å². The van der Waals surface area contributed by atoms with Gasteiger partial charge in [0, 0.05) is 0 Å². The van der Waals surface area contributed by atoms with Gasteiger partial charge in [0.25, 0.3) is 5.56 Å². The summed E-state index contributed by atoms with van der Waals surface area (Å²) in [6.07, 6.45) is -3.71. The highest BCUT2D eigenvalue weighted by Gasteiger charge is 2.64. The first kappa shape index (κ1) is 16.0. The highest BCUT2D eigenvalue weighted by Crippen LogP contribution is 2.40. The molecule has 3 rings (SSSR count). The van der Waals surface area contributed by atoms with E-state index in [-0.39, 0.29) is 11.2 Å². The van der Waals surface area contributed by atoms with Crippen molar-refractivity contribution in [1.82, 2.24) is 19.5 Å². The summed E-state index contributed by atoms with van der Waals surface area (Å²) in [5.41, 5.74) is -1.27. The van der Waals surface area contributed by atoms with Crippen LogP contribution in [0.4, 0.5) is 0 Å². The first-order valence-electron chi connectivity index (χ1n) is 6.27. The van der Waals surface area contributed by atoms with Gasteiger partial charge in [-0.15, -0.1) is 0 Å². The number of hydrogen-bond acceptors (Lipinski definition) is 9. The van der Waals surface area contributed by atoms with E-state index in [1.807, 2.05) is 0 Å². The number of fused-ring (bicyclic) bond motifs is 1. The molecule has 0 unspecified atom stereocenters. The van der Waals surface area contributed by atoms with Gasteiger partial charge >= 0.3 is 15.2 Å².